The zero-order chi connectivity index (χ0) is 12.1. The average molecular weight is 235 g/mol. The fraction of sp³-hybridized carbons (Fsp3) is 0.600. The van der Waals surface area contributed by atoms with Crippen LogP contribution in [0.3, 0.4) is 0 Å². The molecule has 0 aliphatic carbocycles. The topological polar surface area (TPSA) is 12.0 Å². The minimum absolute atomic E-state index is 0.00729. The molecule has 2 rings (SSSR count). The van der Waals surface area contributed by atoms with E-state index in [1.54, 1.807) is 6.07 Å². The second-order valence-electron chi connectivity index (χ2n) is 5.08. The monoisotopic (exact) mass is 235 g/mol. The molecule has 1 aliphatic rings. The summed E-state index contributed by atoms with van der Waals surface area (Å²) in [5, 5.41) is 3.67. The number of hydrogen-bond donors (Lipinski definition) is 1. The third-order valence-electron chi connectivity index (χ3n) is 3.80. The molecule has 0 saturated carbocycles. The first-order valence-corrected chi connectivity index (χ1v) is 6.78. The van der Waals surface area contributed by atoms with Gasteiger partial charge in [0.15, 0.2) is 0 Å². The Kier molecular flexibility index (Phi) is 4.16. The molecule has 17 heavy (non-hydrogen) atoms. The number of halogens is 1. The van der Waals surface area contributed by atoms with Crippen molar-refractivity contribution in [3.8, 4) is 0 Å². The van der Waals surface area contributed by atoms with Crippen LogP contribution in [0.15, 0.2) is 24.3 Å². The highest BCUT2D eigenvalue weighted by atomic mass is 19.1. The molecule has 1 atom stereocenters. The number of nitrogens with one attached hydrogen (secondary N) is 1. The second-order valence-corrected chi connectivity index (χ2v) is 5.08. The average Bonchev–Trinajstić information content (AvgIpc) is 2.56. The molecule has 0 amide bonds. The van der Waals surface area contributed by atoms with Crippen LogP contribution in [-0.4, -0.2) is 6.54 Å². The van der Waals surface area contributed by atoms with Gasteiger partial charge < -0.3 is 5.32 Å². The van der Waals surface area contributed by atoms with Crippen LogP contribution in [0.25, 0.3) is 0 Å². The first-order chi connectivity index (χ1) is 8.27. The standard InChI is InChI=1S/C15H22FN/c1-2-9-15(10-4-3-5-11-17-15)13-7-6-8-14(16)12-13/h6-8,12,17H,2-5,9-11H2,1H3. The van der Waals surface area contributed by atoms with Gasteiger partial charge in [-0.1, -0.05) is 38.3 Å². The number of rotatable bonds is 3. The maximum Gasteiger partial charge on any atom is 0.123 e. The summed E-state index contributed by atoms with van der Waals surface area (Å²) in [4.78, 5) is 0. The molecule has 1 aromatic rings. The van der Waals surface area contributed by atoms with Crippen molar-refractivity contribution in [3.05, 3.63) is 35.6 Å². The predicted molar refractivity (Wildman–Crippen MR) is 69.5 cm³/mol. The Labute approximate surface area is 103 Å². The molecular weight excluding hydrogens is 213 g/mol. The first kappa shape index (κ1) is 12.6. The van der Waals surface area contributed by atoms with Gasteiger partial charge >= 0.3 is 0 Å². The van der Waals surface area contributed by atoms with Crippen molar-refractivity contribution < 1.29 is 4.39 Å². The predicted octanol–water partition coefficient (Wildman–Crippen LogP) is 3.98. The van der Waals surface area contributed by atoms with Crippen LogP contribution in [0.2, 0.25) is 0 Å². The maximum atomic E-state index is 13.4. The van der Waals surface area contributed by atoms with E-state index in [1.165, 1.54) is 25.3 Å². The molecule has 2 heteroatoms. The third-order valence-corrected chi connectivity index (χ3v) is 3.80. The highest BCUT2D eigenvalue weighted by Gasteiger charge is 2.31. The maximum absolute atomic E-state index is 13.4. The largest absolute Gasteiger partial charge is 0.307 e. The van der Waals surface area contributed by atoms with E-state index in [0.29, 0.717) is 0 Å². The van der Waals surface area contributed by atoms with Gasteiger partial charge in [-0.2, -0.15) is 0 Å². The van der Waals surface area contributed by atoms with Crippen molar-refractivity contribution in [3.63, 3.8) is 0 Å². The van der Waals surface area contributed by atoms with E-state index in [1.807, 2.05) is 6.07 Å². The van der Waals surface area contributed by atoms with Crippen molar-refractivity contribution in [2.75, 3.05) is 6.54 Å². The highest BCUT2D eigenvalue weighted by molar-refractivity contribution is 5.25. The lowest BCUT2D eigenvalue weighted by Crippen LogP contribution is -2.41. The van der Waals surface area contributed by atoms with Gasteiger partial charge in [-0.05, 0) is 43.5 Å². The summed E-state index contributed by atoms with van der Waals surface area (Å²) in [5.41, 5.74) is 1.13. The molecule has 0 aromatic heterocycles. The third kappa shape index (κ3) is 2.86. The SMILES string of the molecule is CCCC1(c2cccc(F)c2)CCCCCN1. The summed E-state index contributed by atoms with van der Waals surface area (Å²) in [6.07, 6.45) is 7.11. The zero-order valence-electron chi connectivity index (χ0n) is 10.6. The normalized spacial score (nSPS) is 25.5. The van der Waals surface area contributed by atoms with Crippen molar-refractivity contribution in [1.29, 1.82) is 0 Å². The van der Waals surface area contributed by atoms with Crippen LogP contribution < -0.4 is 5.32 Å². The molecule has 0 radical (unpaired) electrons. The van der Waals surface area contributed by atoms with Crippen LogP contribution >= 0.6 is 0 Å². The van der Waals surface area contributed by atoms with Crippen LogP contribution in [-0.2, 0) is 5.54 Å². The van der Waals surface area contributed by atoms with Crippen LogP contribution in [0.5, 0.6) is 0 Å². The number of benzene rings is 1. The van der Waals surface area contributed by atoms with E-state index < -0.39 is 0 Å². The summed E-state index contributed by atoms with van der Waals surface area (Å²) >= 11 is 0. The van der Waals surface area contributed by atoms with E-state index in [2.05, 4.69) is 18.3 Å². The lowest BCUT2D eigenvalue weighted by atomic mass is 9.82. The van der Waals surface area contributed by atoms with E-state index >= 15 is 0 Å². The lowest BCUT2D eigenvalue weighted by Gasteiger charge is -2.34. The van der Waals surface area contributed by atoms with Gasteiger partial charge in [-0.15, -0.1) is 0 Å². The van der Waals surface area contributed by atoms with Gasteiger partial charge in [0.25, 0.3) is 0 Å². The Bertz CT molecular complexity index is 354. The van der Waals surface area contributed by atoms with Gasteiger partial charge in [-0.25, -0.2) is 4.39 Å². The summed E-state index contributed by atoms with van der Waals surface area (Å²) in [6, 6.07) is 7.12. The molecule has 1 saturated heterocycles. The first-order valence-electron chi connectivity index (χ1n) is 6.78. The zero-order valence-corrected chi connectivity index (χ0v) is 10.6. The Balaban J connectivity index is 2.31. The Morgan fingerprint density at radius 2 is 2.18 bits per heavy atom. The van der Waals surface area contributed by atoms with E-state index in [4.69, 9.17) is 0 Å². The molecule has 1 fully saturated rings. The smallest absolute Gasteiger partial charge is 0.123 e. The second kappa shape index (κ2) is 5.63. The molecule has 1 nitrogen and oxygen atoms in total. The fourth-order valence-electron chi connectivity index (χ4n) is 2.96. The lowest BCUT2D eigenvalue weighted by molar-refractivity contribution is 0.296. The molecular formula is C15H22FN. The van der Waals surface area contributed by atoms with Gasteiger partial charge in [0.05, 0.1) is 0 Å². The quantitative estimate of drug-likeness (QED) is 0.835. The summed E-state index contributed by atoms with van der Waals surface area (Å²) < 4.78 is 13.4. The van der Waals surface area contributed by atoms with Gasteiger partial charge in [0.1, 0.15) is 5.82 Å². The molecule has 0 bridgehead atoms. The van der Waals surface area contributed by atoms with E-state index in [-0.39, 0.29) is 11.4 Å². The molecule has 0 spiro atoms. The van der Waals surface area contributed by atoms with Crippen LogP contribution in [0.1, 0.15) is 51.0 Å². The van der Waals surface area contributed by atoms with Gasteiger partial charge in [0.2, 0.25) is 0 Å². The molecule has 94 valence electrons. The molecule has 1 aromatic carbocycles. The molecule has 1 unspecified atom stereocenters. The summed E-state index contributed by atoms with van der Waals surface area (Å²) in [5.74, 6) is -0.121. The van der Waals surface area contributed by atoms with Gasteiger partial charge in [0, 0.05) is 5.54 Å². The Hall–Kier alpha value is -0.890. The van der Waals surface area contributed by atoms with Crippen LogP contribution in [0, 0.1) is 5.82 Å². The van der Waals surface area contributed by atoms with Crippen molar-refractivity contribution in [2.24, 2.45) is 0 Å². The Morgan fingerprint density at radius 3 is 2.94 bits per heavy atom. The highest BCUT2D eigenvalue weighted by Crippen LogP contribution is 2.34. The van der Waals surface area contributed by atoms with E-state index in [9.17, 15) is 4.39 Å². The summed E-state index contributed by atoms with van der Waals surface area (Å²) in [6.45, 7) is 3.25. The molecule has 1 aliphatic heterocycles. The minimum Gasteiger partial charge on any atom is -0.307 e. The Morgan fingerprint density at radius 1 is 1.29 bits per heavy atom. The summed E-state index contributed by atoms with van der Waals surface area (Å²) in [7, 11) is 0. The van der Waals surface area contributed by atoms with Gasteiger partial charge in [-0.3, -0.25) is 0 Å². The van der Waals surface area contributed by atoms with E-state index in [0.717, 1.165) is 31.4 Å². The molecule has 1 heterocycles. The van der Waals surface area contributed by atoms with Crippen molar-refractivity contribution in [2.45, 2.75) is 51.0 Å². The minimum atomic E-state index is -0.121. The van der Waals surface area contributed by atoms with Crippen molar-refractivity contribution in [1.82, 2.24) is 5.32 Å². The van der Waals surface area contributed by atoms with Crippen LogP contribution in [0.4, 0.5) is 4.39 Å². The van der Waals surface area contributed by atoms with Crippen molar-refractivity contribution >= 4 is 0 Å². The fourth-order valence-corrected chi connectivity index (χ4v) is 2.96. The molecule has 1 N–H and O–H groups in total. The number of hydrogen-bond acceptors (Lipinski definition) is 1.